The van der Waals surface area contributed by atoms with Crippen LogP contribution in [0.3, 0.4) is 0 Å². The molecule has 1 aliphatic rings. The summed E-state index contributed by atoms with van der Waals surface area (Å²) in [7, 11) is 1.25. The van der Waals surface area contributed by atoms with Gasteiger partial charge >= 0.3 is 12.1 Å². The summed E-state index contributed by atoms with van der Waals surface area (Å²) in [6.45, 7) is 1.32. The molecule has 1 aromatic carbocycles. The van der Waals surface area contributed by atoms with E-state index in [2.05, 4.69) is 25.0 Å². The number of nitrogens with one attached hydrogen (secondary N) is 2. The Kier molecular flexibility index (Phi) is 5.16. The predicted molar refractivity (Wildman–Crippen MR) is 107 cm³/mol. The molecule has 0 spiro atoms. The van der Waals surface area contributed by atoms with Gasteiger partial charge in [-0.05, 0) is 55.0 Å². The number of benzene rings is 1. The van der Waals surface area contributed by atoms with Gasteiger partial charge in [0.25, 0.3) is 5.56 Å². The van der Waals surface area contributed by atoms with Crippen molar-refractivity contribution in [3.8, 4) is 0 Å². The number of hydrogen-bond acceptors (Lipinski definition) is 6. The van der Waals surface area contributed by atoms with Gasteiger partial charge < -0.3 is 15.0 Å². The minimum absolute atomic E-state index is 0.0138. The number of fused-ring (bicyclic) bond motifs is 1. The standard InChI is InChI=1S/C21H19F3N4O3/c1-10-27-16-7-15(21(22,23)24)12(5-14(16)19(29)28-10)8-25-18-9-26-17(20(30)31-2)6-13(18)11-3-4-11/h5-7,9,11,25H,3-4,8H2,1-2H3,(H,27,28,29). The lowest BCUT2D eigenvalue weighted by Gasteiger charge is -2.17. The first-order chi connectivity index (χ1) is 14.7. The van der Waals surface area contributed by atoms with Gasteiger partial charge in [-0.3, -0.25) is 4.79 Å². The number of aromatic nitrogens is 3. The number of alkyl halides is 3. The molecule has 2 aromatic heterocycles. The zero-order valence-corrected chi connectivity index (χ0v) is 16.8. The number of esters is 1. The molecule has 1 saturated carbocycles. The highest BCUT2D eigenvalue weighted by Gasteiger charge is 2.34. The minimum Gasteiger partial charge on any atom is -0.464 e. The molecule has 7 nitrogen and oxygen atoms in total. The highest BCUT2D eigenvalue weighted by Crippen LogP contribution is 2.44. The van der Waals surface area contributed by atoms with Gasteiger partial charge in [-0.2, -0.15) is 13.2 Å². The number of ether oxygens (including phenoxy) is 1. The van der Waals surface area contributed by atoms with Gasteiger partial charge in [-0.15, -0.1) is 0 Å². The first kappa shape index (κ1) is 20.8. The summed E-state index contributed by atoms with van der Waals surface area (Å²) in [5, 5.41) is 3.08. The van der Waals surface area contributed by atoms with Crippen LogP contribution in [0.25, 0.3) is 10.9 Å². The SMILES string of the molecule is COC(=O)c1cc(C2CC2)c(NCc2cc3c(=O)[nH]c(C)nc3cc2C(F)(F)F)cn1. The van der Waals surface area contributed by atoms with Crippen molar-refractivity contribution in [1.29, 1.82) is 0 Å². The van der Waals surface area contributed by atoms with Gasteiger partial charge in [0, 0.05) is 6.54 Å². The van der Waals surface area contributed by atoms with Crippen LogP contribution in [-0.4, -0.2) is 28.0 Å². The fourth-order valence-corrected chi connectivity index (χ4v) is 3.52. The lowest BCUT2D eigenvalue weighted by molar-refractivity contribution is -0.138. The predicted octanol–water partition coefficient (Wildman–Crippen LogP) is 3.92. The average molecular weight is 432 g/mol. The van der Waals surface area contributed by atoms with E-state index in [1.54, 1.807) is 6.07 Å². The summed E-state index contributed by atoms with van der Waals surface area (Å²) >= 11 is 0. The maximum atomic E-state index is 13.7. The molecule has 1 fully saturated rings. The molecule has 3 aromatic rings. The lowest BCUT2D eigenvalue weighted by atomic mass is 10.0. The number of nitrogens with zero attached hydrogens (tertiary/aromatic N) is 2. The van der Waals surface area contributed by atoms with Crippen molar-refractivity contribution >= 4 is 22.6 Å². The molecular formula is C21H19F3N4O3. The average Bonchev–Trinajstić information content (AvgIpc) is 3.55. The van der Waals surface area contributed by atoms with Crippen LogP contribution in [-0.2, 0) is 17.5 Å². The third-order valence-corrected chi connectivity index (χ3v) is 5.17. The third kappa shape index (κ3) is 4.23. The number of aromatic amines is 1. The minimum atomic E-state index is -4.62. The number of carbonyl (C=O) groups is 1. The molecule has 10 heteroatoms. The quantitative estimate of drug-likeness (QED) is 0.593. The topological polar surface area (TPSA) is 97.0 Å². The van der Waals surface area contributed by atoms with Crippen molar-refractivity contribution < 1.29 is 22.7 Å². The molecule has 0 saturated heterocycles. The number of aryl methyl sites for hydroxylation is 1. The molecular weight excluding hydrogens is 413 g/mol. The molecule has 1 aliphatic carbocycles. The Morgan fingerprint density at radius 1 is 1.29 bits per heavy atom. The van der Waals surface area contributed by atoms with Crippen LogP contribution in [0, 0.1) is 6.92 Å². The fraction of sp³-hybridized carbons (Fsp3) is 0.333. The normalized spacial score (nSPS) is 14.0. The zero-order chi connectivity index (χ0) is 22.3. The van der Waals surface area contributed by atoms with E-state index in [-0.39, 0.29) is 40.4 Å². The van der Waals surface area contributed by atoms with Gasteiger partial charge in [0.1, 0.15) is 11.5 Å². The van der Waals surface area contributed by atoms with E-state index in [0.717, 1.165) is 24.5 Å². The van der Waals surface area contributed by atoms with E-state index in [1.165, 1.54) is 26.3 Å². The van der Waals surface area contributed by atoms with E-state index in [1.807, 2.05) is 0 Å². The second kappa shape index (κ2) is 7.68. The zero-order valence-electron chi connectivity index (χ0n) is 16.8. The molecule has 0 amide bonds. The highest BCUT2D eigenvalue weighted by molar-refractivity contribution is 5.88. The van der Waals surface area contributed by atoms with E-state index in [9.17, 15) is 22.8 Å². The molecule has 4 rings (SSSR count). The molecule has 0 aliphatic heterocycles. The number of rotatable bonds is 5. The largest absolute Gasteiger partial charge is 0.464 e. The van der Waals surface area contributed by atoms with Crippen LogP contribution in [0.5, 0.6) is 0 Å². The molecule has 2 heterocycles. The number of carbonyl (C=O) groups excluding carboxylic acids is 1. The summed E-state index contributed by atoms with van der Waals surface area (Å²) in [5.41, 5.74) is 0.0243. The van der Waals surface area contributed by atoms with Gasteiger partial charge in [0.15, 0.2) is 0 Å². The second-order valence-corrected chi connectivity index (χ2v) is 7.45. The molecule has 162 valence electrons. The van der Waals surface area contributed by atoms with Crippen molar-refractivity contribution in [3.05, 3.63) is 63.0 Å². The van der Waals surface area contributed by atoms with E-state index >= 15 is 0 Å². The Labute approximate surface area is 174 Å². The summed E-state index contributed by atoms with van der Waals surface area (Å²) in [4.78, 5) is 34.6. The Morgan fingerprint density at radius 2 is 2.03 bits per heavy atom. The van der Waals surface area contributed by atoms with Gasteiger partial charge in [0.2, 0.25) is 0 Å². The van der Waals surface area contributed by atoms with Gasteiger partial charge in [-0.25, -0.2) is 14.8 Å². The van der Waals surface area contributed by atoms with Crippen LogP contribution >= 0.6 is 0 Å². The molecule has 2 N–H and O–H groups in total. The Balaban J connectivity index is 1.72. The van der Waals surface area contributed by atoms with Crippen molar-refractivity contribution in [3.63, 3.8) is 0 Å². The Morgan fingerprint density at radius 3 is 2.68 bits per heavy atom. The Bertz CT molecular complexity index is 1230. The summed E-state index contributed by atoms with van der Waals surface area (Å²) < 4.78 is 45.8. The molecule has 0 unspecified atom stereocenters. The maximum absolute atomic E-state index is 13.7. The summed E-state index contributed by atoms with van der Waals surface area (Å²) in [5.74, 6) is -0.130. The monoisotopic (exact) mass is 432 g/mol. The van der Waals surface area contributed by atoms with Crippen molar-refractivity contribution in [2.75, 3.05) is 12.4 Å². The number of anilines is 1. The number of H-pyrrole nitrogens is 1. The van der Waals surface area contributed by atoms with Gasteiger partial charge in [0.05, 0.1) is 35.5 Å². The van der Waals surface area contributed by atoms with Crippen molar-refractivity contribution in [2.45, 2.75) is 38.4 Å². The summed E-state index contributed by atoms with van der Waals surface area (Å²) in [6, 6.07) is 3.72. The molecule has 0 bridgehead atoms. The van der Waals surface area contributed by atoms with E-state index in [0.29, 0.717) is 5.69 Å². The smallest absolute Gasteiger partial charge is 0.416 e. The van der Waals surface area contributed by atoms with Crippen molar-refractivity contribution in [1.82, 2.24) is 15.0 Å². The number of hydrogen-bond donors (Lipinski definition) is 2. The second-order valence-electron chi connectivity index (χ2n) is 7.45. The third-order valence-electron chi connectivity index (χ3n) is 5.17. The molecule has 31 heavy (non-hydrogen) atoms. The van der Waals surface area contributed by atoms with Crippen LogP contribution in [0.15, 0.2) is 29.2 Å². The first-order valence-electron chi connectivity index (χ1n) is 9.60. The molecule has 0 radical (unpaired) electrons. The maximum Gasteiger partial charge on any atom is 0.416 e. The van der Waals surface area contributed by atoms with Crippen molar-refractivity contribution in [2.24, 2.45) is 0 Å². The van der Waals surface area contributed by atoms with Crippen LogP contribution in [0.1, 0.15) is 51.8 Å². The lowest BCUT2D eigenvalue weighted by Crippen LogP contribution is -2.16. The summed E-state index contributed by atoms with van der Waals surface area (Å²) in [6.07, 6.45) is -1.35. The molecule has 0 atom stereocenters. The van der Waals surface area contributed by atoms with Crippen LogP contribution < -0.4 is 10.9 Å². The number of pyridine rings is 1. The first-order valence-corrected chi connectivity index (χ1v) is 9.60. The van der Waals surface area contributed by atoms with E-state index < -0.39 is 23.3 Å². The Hall–Kier alpha value is -3.43. The van der Waals surface area contributed by atoms with Crippen LogP contribution in [0.4, 0.5) is 18.9 Å². The fourth-order valence-electron chi connectivity index (χ4n) is 3.52. The van der Waals surface area contributed by atoms with Crippen LogP contribution in [0.2, 0.25) is 0 Å². The highest BCUT2D eigenvalue weighted by atomic mass is 19.4. The number of halogens is 3. The number of methoxy groups -OCH3 is 1. The van der Waals surface area contributed by atoms with Gasteiger partial charge in [-0.1, -0.05) is 0 Å². The van der Waals surface area contributed by atoms with E-state index in [4.69, 9.17) is 0 Å².